The fourth-order valence-corrected chi connectivity index (χ4v) is 2.29. The summed E-state index contributed by atoms with van der Waals surface area (Å²) in [5.41, 5.74) is 2.21. The van der Waals surface area contributed by atoms with E-state index in [0.717, 1.165) is 17.4 Å². The van der Waals surface area contributed by atoms with Crippen molar-refractivity contribution in [1.82, 2.24) is 4.57 Å². The van der Waals surface area contributed by atoms with Crippen LogP contribution in [0.3, 0.4) is 0 Å². The standard InChI is InChI=1S/C17H16FNO/c18-16-6-7-17-15(12-16)8-9-19(17)10-11-20-13-14-4-2-1-3-5-14/h1-9,12H,10-11,13H2. The van der Waals surface area contributed by atoms with E-state index in [2.05, 4.69) is 4.57 Å². The Labute approximate surface area is 117 Å². The van der Waals surface area contributed by atoms with Crippen molar-refractivity contribution in [2.24, 2.45) is 0 Å². The number of fused-ring (bicyclic) bond motifs is 1. The number of benzene rings is 2. The van der Waals surface area contributed by atoms with Gasteiger partial charge in [0.15, 0.2) is 0 Å². The van der Waals surface area contributed by atoms with Crippen molar-refractivity contribution in [3.63, 3.8) is 0 Å². The van der Waals surface area contributed by atoms with Gasteiger partial charge in [-0.3, -0.25) is 0 Å². The quantitative estimate of drug-likeness (QED) is 0.639. The summed E-state index contributed by atoms with van der Waals surface area (Å²) in [7, 11) is 0. The molecule has 0 saturated carbocycles. The summed E-state index contributed by atoms with van der Waals surface area (Å²) in [4.78, 5) is 0. The van der Waals surface area contributed by atoms with Crippen LogP contribution in [0.2, 0.25) is 0 Å². The fraction of sp³-hybridized carbons (Fsp3) is 0.176. The lowest BCUT2D eigenvalue weighted by Crippen LogP contribution is -2.04. The molecule has 0 radical (unpaired) electrons. The van der Waals surface area contributed by atoms with Crippen molar-refractivity contribution < 1.29 is 9.13 Å². The highest BCUT2D eigenvalue weighted by atomic mass is 19.1. The van der Waals surface area contributed by atoms with Gasteiger partial charge in [-0.05, 0) is 29.8 Å². The number of hydrogen-bond acceptors (Lipinski definition) is 1. The van der Waals surface area contributed by atoms with Crippen LogP contribution in [0, 0.1) is 5.82 Å². The van der Waals surface area contributed by atoms with Gasteiger partial charge >= 0.3 is 0 Å². The highest BCUT2D eigenvalue weighted by Gasteiger charge is 2.02. The van der Waals surface area contributed by atoms with Crippen LogP contribution in [0.4, 0.5) is 4.39 Å². The van der Waals surface area contributed by atoms with Crippen LogP contribution in [0.15, 0.2) is 60.8 Å². The number of rotatable bonds is 5. The first kappa shape index (κ1) is 12.9. The minimum absolute atomic E-state index is 0.199. The van der Waals surface area contributed by atoms with E-state index in [4.69, 9.17) is 4.74 Å². The molecule has 0 aliphatic heterocycles. The number of halogens is 1. The topological polar surface area (TPSA) is 14.2 Å². The Morgan fingerprint density at radius 3 is 2.70 bits per heavy atom. The van der Waals surface area contributed by atoms with Crippen molar-refractivity contribution >= 4 is 10.9 Å². The average Bonchev–Trinajstić information content (AvgIpc) is 2.87. The third-order valence-electron chi connectivity index (χ3n) is 3.32. The van der Waals surface area contributed by atoms with Crippen LogP contribution in [-0.2, 0) is 17.9 Å². The average molecular weight is 269 g/mol. The molecule has 0 aliphatic carbocycles. The Balaban J connectivity index is 1.58. The molecular formula is C17H16FNO. The lowest BCUT2D eigenvalue weighted by atomic mass is 10.2. The summed E-state index contributed by atoms with van der Waals surface area (Å²) in [6, 6.07) is 16.9. The van der Waals surface area contributed by atoms with Gasteiger partial charge in [0.25, 0.3) is 0 Å². The molecular weight excluding hydrogens is 253 g/mol. The molecule has 0 bridgehead atoms. The third-order valence-corrected chi connectivity index (χ3v) is 3.32. The Bertz CT molecular complexity index is 691. The summed E-state index contributed by atoms with van der Waals surface area (Å²) in [5, 5.41) is 0.924. The maximum absolute atomic E-state index is 13.1. The molecule has 0 saturated heterocycles. The van der Waals surface area contributed by atoms with Crippen molar-refractivity contribution in [3.8, 4) is 0 Å². The van der Waals surface area contributed by atoms with E-state index in [0.29, 0.717) is 13.2 Å². The maximum atomic E-state index is 13.1. The van der Waals surface area contributed by atoms with E-state index in [-0.39, 0.29) is 5.82 Å². The van der Waals surface area contributed by atoms with Gasteiger partial charge in [-0.1, -0.05) is 30.3 Å². The highest BCUT2D eigenvalue weighted by molar-refractivity contribution is 5.80. The number of aromatic nitrogens is 1. The molecule has 0 unspecified atom stereocenters. The third kappa shape index (κ3) is 2.89. The van der Waals surface area contributed by atoms with E-state index in [1.165, 1.54) is 11.6 Å². The second-order valence-corrected chi connectivity index (χ2v) is 4.75. The summed E-state index contributed by atoms with van der Waals surface area (Å²) in [6.45, 7) is 2.02. The summed E-state index contributed by atoms with van der Waals surface area (Å²) < 4.78 is 20.9. The number of nitrogens with zero attached hydrogens (tertiary/aromatic N) is 1. The second-order valence-electron chi connectivity index (χ2n) is 4.75. The van der Waals surface area contributed by atoms with Crippen molar-refractivity contribution in [2.45, 2.75) is 13.2 Å². The molecule has 3 heteroatoms. The lowest BCUT2D eigenvalue weighted by molar-refractivity contribution is 0.114. The Hall–Kier alpha value is -2.13. The highest BCUT2D eigenvalue weighted by Crippen LogP contribution is 2.17. The Morgan fingerprint density at radius 1 is 1.00 bits per heavy atom. The molecule has 1 heterocycles. The predicted molar refractivity (Wildman–Crippen MR) is 78.0 cm³/mol. The largest absolute Gasteiger partial charge is 0.375 e. The van der Waals surface area contributed by atoms with E-state index in [1.54, 1.807) is 6.07 Å². The van der Waals surface area contributed by atoms with Gasteiger partial charge in [0.1, 0.15) is 5.82 Å². The fourth-order valence-electron chi connectivity index (χ4n) is 2.29. The molecule has 0 aliphatic rings. The minimum Gasteiger partial charge on any atom is -0.375 e. The zero-order valence-electron chi connectivity index (χ0n) is 11.1. The van der Waals surface area contributed by atoms with Crippen LogP contribution >= 0.6 is 0 Å². The van der Waals surface area contributed by atoms with Crippen LogP contribution < -0.4 is 0 Å². The van der Waals surface area contributed by atoms with Crippen LogP contribution in [-0.4, -0.2) is 11.2 Å². The van der Waals surface area contributed by atoms with Crippen molar-refractivity contribution in [1.29, 1.82) is 0 Å². The SMILES string of the molecule is Fc1ccc2c(ccn2CCOCc2ccccc2)c1. The van der Waals surface area contributed by atoms with Gasteiger partial charge in [-0.25, -0.2) is 4.39 Å². The van der Waals surface area contributed by atoms with Crippen molar-refractivity contribution in [3.05, 3.63) is 72.2 Å². The molecule has 102 valence electrons. The summed E-state index contributed by atoms with van der Waals surface area (Å²) in [5.74, 6) is -0.199. The molecule has 0 amide bonds. The molecule has 20 heavy (non-hydrogen) atoms. The molecule has 0 spiro atoms. The van der Waals surface area contributed by atoms with E-state index in [1.807, 2.05) is 48.7 Å². The minimum atomic E-state index is -0.199. The van der Waals surface area contributed by atoms with Gasteiger partial charge in [-0.15, -0.1) is 0 Å². The van der Waals surface area contributed by atoms with Gasteiger partial charge in [0.2, 0.25) is 0 Å². The van der Waals surface area contributed by atoms with Gasteiger partial charge in [0, 0.05) is 23.6 Å². The first-order valence-electron chi connectivity index (χ1n) is 6.69. The number of ether oxygens (including phenoxy) is 1. The molecule has 3 rings (SSSR count). The molecule has 2 nitrogen and oxygen atoms in total. The van der Waals surface area contributed by atoms with E-state index < -0.39 is 0 Å². The van der Waals surface area contributed by atoms with E-state index >= 15 is 0 Å². The van der Waals surface area contributed by atoms with Crippen LogP contribution in [0.1, 0.15) is 5.56 Å². The Kier molecular flexibility index (Phi) is 3.79. The van der Waals surface area contributed by atoms with Gasteiger partial charge < -0.3 is 9.30 Å². The zero-order valence-corrected chi connectivity index (χ0v) is 11.1. The van der Waals surface area contributed by atoms with Gasteiger partial charge in [-0.2, -0.15) is 0 Å². The maximum Gasteiger partial charge on any atom is 0.123 e. The normalized spacial score (nSPS) is 11.1. The predicted octanol–water partition coefficient (Wildman–Crippen LogP) is 4.00. The van der Waals surface area contributed by atoms with Crippen LogP contribution in [0.25, 0.3) is 10.9 Å². The van der Waals surface area contributed by atoms with E-state index in [9.17, 15) is 4.39 Å². The first-order valence-corrected chi connectivity index (χ1v) is 6.69. The molecule has 2 aromatic carbocycles. The zero-order chi connectivity index (χ0) is 13.8. The van der Waals surface area contributed by atoms with Gasteiger partial charge in [0.05, 0.1) is 13.2 Å². The van der Waals surface area contributed by atoms with Crippen molar-refractivity contribution in [2.75, 3.05) is 6.61 Å². The van der Waals surface area contributed by atoms with Crippen LogP contribution in [0.5, 0.6) is 0 Å². The molecule has 3 aromatic rings. The Morgan fingerprint density at radius 2 is 1.85 bits per heavy atom. The molecule has 1 aromatic heterocycles. The monoisotopic (exact) mass is 269 g/mol. The summed E-state index contributed by atoms with van der Waals surface area (Å²) >= 11 is 0. The molecule has 0 fully saturated rings. The molecule has 0 N–H and O–H groups in total. The first-order chi connectivity index (χ1) is 9.83. The summed E-state index contributed by atoms with van der Waals surface area (Å²) in [6.07, 6.45) is 1.97. The number of hydrogen-bond donors (Lipinski definition) is 0. The molecule has 0 atom stereocenters. The smallest absolute Gasteiger partial charge is 0.123 e. The lowest BCUT2D eigenvalue weighted by Gasteiger charge is -2.07. The second kappa shape index (κ2) is 5.88.